The maximum Gasteiger partial charge on any atom is 0.0608 e. The lowest BCUT2D eigenvalue weighted by atomic mass is 9.77. The number of aromatic nitrogens is 1. The highest BCUT2D eigenvalue weighted by Crippen LogP contribution is 2.33. The van der Waals surface area contributed by atoms with Crippen LogP contribution >= 0.6 is 0 Å². The normalized spacial score (nSPS) is 25.9. The molecular weight excluding hydrogens is 222 g/mol. The predicted molar refractivity (Wildman–Crippen MR) is 74.3 cm³/mol. The van der Waals surface area contributed by atoms with Gasteiger partial charge in [-0.05, 0) is 48.8 Å². The second-order valence-electron chi connectivity index (χ2n) is 5.70. The van der Waals surface area contributed by atoms with E-state index in [1.165, 1.54) is 44.1 Å². The molecule has 2 heteroatoms. The molecule has 1 heterocycles. The first kappa shape index (κ1) is 13.5. The van der Waals surface area contributed by atoms with Gasteiger partial charge in [-0.2, -0.15) is 0 Å². The van der Waals surface area contributed by atoms with E-state index in [0.717, 1.165) is 12.3 Å². The molecule has 0 amide bonds. The lowest BCUT2D eigenvalue weighted by molar-refractivity contribution is 0.0728. The van der Waals surface area contributed by atoms with Crippen molar-refractivity contribution in [1.82, 2.24) is 4.98 Å². The number of pyridine rings is 1. The highest BCUT2D eigenvalue weighted by Gasteiger charge is 2.25. The highest BCUT2D eigenvalue weighted by atomic mass is 16.3. The smallest absolute Gasteiger partial charge is 0.0608 e. The summed E-state index contributed by atoms with van der Waals surface area (Å²) in [5.41, 5.74) is 1.20. The molecular formula is C16H25NO. The molecule has 1 N–H and O–H groups in total. The van der Waals surface area contributed by atoms with Gasteiger partial charge in [0.1, 0.15) is 0 Å². The minimum atomic E-state index is -0.171. The molecule has 0 aromatic carbocycles. The van der Waals surface area contributed by atoms with Crippen LogP contribution in [0.5, 0.6) is 0 Å². The summed E-state index contributed by atoms with van der Waals surface area (Å²) in [6.45, 7) is 2.27. The van der Waals surface area contributed by atoms with E-state index >= 15 is 0 Å². The summed E-state index contributed by atoms with van der Waals surface area (Å²) in [4.78, 5) is 4.01. The van der Waals surface area contributed by atoms with Crippen molar-refractivity contribution >= 4 is 0 Å². The summed E-state index contributed by atoms with van der Waals surface area (Å²) in [6, 6.07) is 4.01. The van der Waals surface area contributed by atoms with Crippen molar-refractivity contribution in [3.8, 4) is 0 Å². The van der Waals surface area contributed by atoms with Gasteiger partial charge in [-0.3, -0.25) is 4.98 Å². The van der Waals surface area contributed by atoms with Crippen molar-refractivity contribution in [3.63, 3.8) is 0 Å². The van der Waals surface area contributed by atoms with Gasteiger partial charge in [0.2, 0.25) is 0 Å². The van der Waals surface area contributed by atoms with Gasteiger partial charge >= 0.3 is 0 Å². The van der Waals surface area contributed by atoms with Crippen LogP contribution in [0.25, 0.3) is 0 Å². The summed E-state index contributed by atoms with van der Waals surface area (Å²) in [5, 5.41) is 10.3. The van der Waals surface area contributed by atoms with Crippen LogP contribution in [0, 0.1) is 11.8 Å². The number of nitrogens with zero attached hydrogens (tertiary/aromatic N) is 1. The van der Waals surface area contributed by atoms with Crippen molar-refractivity contribution in [2.75, 3.05) is 0 Å². The largest absolute Gasteiger partial charge is 0.392 e. The van der Waals surface area contributed by atoms with Crippen molar-refractivity contribution < 1.29 is 5.11 Å². The zero-order valence-electron chi connectivity index (χ0n) is 11.4. The molecule has 1 aromatic rings. The Hall–Kier alpha value is -0.890. The molecule has 100 valence electrons. The first-order valence-electron chi connectivity index (χ1n) is 7.36. The fourth-order valence-corrected chi connectivity index (χ4v) is 3.20. The lowest BCUT2D eigenvalue weighted by Crippen LogP contribution is -2.27. The van der Waals surface area contributed by atoms with Gasteiger partial charge in [0.25, 0.3) is 0 Å². The Bertz CT molecular complexity index is 330. The van der Waals surface area contributed by atoms with Crippen molar-refractivity contribution in [2.45, 2.75) is 58.0 Å². The zero-order valence-corrected chi connectivity index (χ0v) is 11.4. The maximum absolute atomic E-state index is 10.3. The predicted octanol–water partition coefficient (Wildman–Crippen LogP) is 3.59. The van der Waals surface area contributed by atoms with Crippen LogP contribution in [0.3, 0.4) is 0 Å². The molecule has 2 rings (SSSR count). The topological polar surface area (TPSA) is 33.1 Å². The molecule has 1 aliphatic rings. The molecule has 0 saturated heterocycles. The molecule has 1 saturated carbocycles. The summed E-state index contributed by atoms with van der Waals surface area (Å²) < 4.78 is 0. The number of hydrogen-bond acceptors (Lipinski definition) is 2. The van der Waals surface area contributed by atoms with Gasteiger partial charge in [0, 0.05) is 12.4 Å². The molecule has 18 heavy (non-hydrogen) atoms. The lowest BCUT2D eigenvalue weighted by Gasteiger charge is -2.31. The van der Waals surface area contributed by atoms with E-state index < -0.39 is 0 Å². The van der Waals surface area contributed by atoms with Gasteiger partial charge < -0.3 is 5.11 Å². The van der Waals surface area contributed by atoms with Crippen LogP contribution in [0.15, 0.2) is 24.5 Å². The van der Waals surface area contributed by atoms with Gasteiger partial charge in [-0.15, -0.1) is 0 Å². The third-order valence-electron chi connectivity index (χ3n) is 4.33. The van der Waals surface area contributed by atoms with Crippen LogP contribution in [-0.4, -0.2) is 16.2 Å². The van der Waals surface area contributed by atoms with Crippen LogP contribution in [0.1, 0.15) is 51.0 Å². The van der Waals surface area contributed by atoms with Crippen LogP contribution in [-0.2, 0) is 6.42 Å². The second-order valence-corrected chi connectivity index (χ2v) is 5.70. The third-order valence-corrected chi connectivity index (χ3v) is 4.33. The Balaban J connectivity index is 1.79. The Morgan fingerprint density at radius 2 is 1.89 bits per heavy atom. The second kappa shape index (κ2) is 6.89. The van der Waals surface area contributed by atoms with Crippen molar-refractivity contribution in [1.29, 1.82) is 0 Å². The number of aliphatic hydroxyl groups is 1. The molecule has 2 nitrogen and oxygen atoms in total. The molecule has 1 aromatic heterocycles. The van der Waals surface area contributed by atoms with E-state index in [2.05, 4.69) is 11.9 Å². The van der Waals surface area contributed by atoms with Crippen LogP contribution in [0.2, 0.25) is 0 Å². The molecule has 1 atom stereocenters. The number of aliphatic hydroxyl groups excluding tert-OH is 1. The van der Waals surface area contributed by atoms with Crippen molar-refractivity contribution in [2.24, 2.45) is 11.8 Å². The van der Waals surface area contributed by atoms with E-state index in [9.17, 15) is 5.11 Å². The average molecular weight is 247 g/mol. The van der Waals surface area contributed by atoms with Crippen molar-refractivity contribution in [3.05, 3.63) is 30.1 Å². The van der Waals surface area contributed by atoms with E-state index in [4.69, 9.17) is 0 Å². The fraction of sp³-hybridized carbons (Fsp3) is 0.688. The molecule has 1 unspecified atom stereocenters. The Kier molecular flexibility index (Phi) is 5.18. The van der Waals surface area contributed by atoms with E-state index in [0.29, 0.717) is 5.92 Å². The first-order valence-corrected chi connectivity index (χ1v) is 7.36. The van der Waals surface area contributed by atoms with E-state index in [1.807, 2.05) is 12.1 Å². The summed E-state index contributed by atoms with van der Waals surface area (Å²) >= 11 is 0. The standard InChI is InChI=1S/C16H25NO/c1-2-3-13-4-6-15(7-5-13)16(18)12-14-8-10-17-11-9-14/h8-11,13,15-16,18H,2-7,12H2,1H3. The zero-order chi connectivity index (χ0) is 12.8. The maximum atomic E-state index is 10.3. The van der Waals surface area contributed by atoms with E-state index in [1.54, 1.807) is 12.4 Å². The van der Waals surface area contributed by atoms with Crippen LogP contribution < -0.4 is 0 Å². The van der Waals surface area contributed by atoms with E-state index in [-0.39, 0.29) is 6.10 Å². The third kappa shape index (κ3) is 3.81. The number of hydrogen-bond donors (Lipinski definition) is 1. The summed E-state index contributed by atoms with van der Waals surface area (Å²) in [5.74, 6) is 1.42. The fourth-order valence-electron chi connectivity index (χ4n) is 3.20. The Labute approximate surface area is 110 Å². The Morgan fingerprint density at radius 1 is 1.22 bits per heavy atom. The average Bonchev–Trinajstić information content (AvgIpc) is 2.41. The monoisotopic (exact) mass is 247 g/mol. The van der Waals surface area contributed by atoms with Gasteiger partial charge in [-0.25, -0.2) is 0 Å². The first-order chi connectivity index (χ1) is 8.79. The molecule has 0 bridgehead atoms. The Morgan fingerprint density at radius 3 is 2.50 bits per heavy atom. The molecule has 0 aliphatic heterocycles. The van der Waals surface area contributed by atoms with Gasteiger partial charge in [0.15, 0.2) is 0 Å². The quantitative estimate of drug-likeness (QED) is 0.862. The minimum Gasteiger partial charge on any atom is -0.392 e. The number of rotatable bonds is 5. The summed E-state index contributed by atoms with van der Waals surface area (Å²) in [6.07, 6.45) is 11.9. The minimum absolute atomic E-state index is 0.171. The summed E-state index contributed by atoms with van der Waals surface area (Å²) in [7, 11) is 0. The molecule has 1 fully saturated rings. The van der Waals surface area contributed by atoms with Crippen LogP contribution in [0.4, 0.5) is 0 Å². The highest BCUT2D eigenvalue weighted by molar-refractivity contribution is 5.11. The van der Waals surface area contributed by atoms with Gasteiger partial charge in [0.05, 0.1) is 6.10 Å². The van der Waals surface area contributed by atoms with Gasteiger partial charge in [-0.1, -0.05) is 32.6 Å². The molecule has 1 aliphatic carbocycles. The molecule has 0 radical (unpaired) electrons. The SMILES string of the molecule is CCCC1CCC(C(O)Cc2ccncc2)CC1. The molecule has 0 spiro atoms.